The Morgan fingerprint density at radius 1 is 1.33 bits per heavy atom. The zero-order valence-corrected chi connectivity index (χ0v) is 13.1. The quantitative estimate of drug-likeness (QED) is 0.914. The van der Waals surface area contributed by atoms with Crippen LogP contribution in [0.4, 0.5) is 0 Å². The van der Waals surface area contributed by atoms with Gasteiger partial charge in [-0.05, 0) is 48.3 Å². The summed E-state index contributed by atoms with van der Waals surface area (Å²) in [6, 6.07) is 1.86. The number of ether oxygens (including phenoxy) is 2. The highest BCUT2D eigenvalue weighted by Gasteiger charge is 2.36. The molecule has 0 saturated carbocycles. The maximum atomic E-state index is 6.41. The van der Waals surface area contributed by atoms with Crippen molar-refractivity contribution in [2.24, 2.45) is 0 Å². The summed E-state index contributed by atoms with van der Waals surface area (Å²) in [6.45, 7) is 3.14. The molecular weight excluding hydrogens is 318 g/mol. The molecule has 1 aromatic carbocycles. The highest BCUT2D eigenvalue weighted by atomic mass is 79.9. The van der Waals surface area contributed by atoms with Crippen LogP contribution in [0.25, 0.3) is 0 Å². The Morgan fingerprint density at radius 3 is 2.50 bits per heavy atom. The summed E-state index contributed by atoms with van der Waals surface area (Å²) in [4.78, 5) is 0. The highest BCUT2D eigenvalue weighted by Crippen LogP contribution is 2.48. The Balaban J connectivity index is 2.65. The molecule has 1 heterocycles. The van der Waals surface area contributed by atoms with E-state index in [0.29, 0.717) is 16.5 Å². The number of hydrogen-bond donors (Lipinski definition) is 1. The van der Waals surface area contributed by atoms with Crippen LogP contribution in [0.1, 0.15) is 25.3 Å². The van der Waals surface area contributed by atoms with Crippen molar-refractivity contribution in [3.05, 3.63) is 21.1 Å². The SMILES string of the molecule is COc1c(Br)cc(Cl)c(C2(C)CCCN2)c1OC. The van der Waals surface area contributed by atoms with E-state index < -0.39 is 0 Å². The molecule has 5 heteroatoms. The first-order valence-electron chi connectivity index (χ1n) is 5.89. The van der Waals surface area contributed by atoms with Gasteiger partial charge in [0.05, 0.1) is 23.7 Å². The molecule has 0 aromatic heterocycles. The average Bonchev–Trinajstić information content (AvgIpc) is 2.75. The van der Waals surface area contributed by atoms with Crippen LogP contribution in [0.2, 0.25) is 5.02 Å². The molecule has 1 unspecified atom stereocenters. The first-order chi connectivity index (χ1) is 8.53. The van der Waals surface area contributed by atoms with Gasteiger partial charge in [0.1, 0.15) is 0 Å². The van der Waals surface area contributed by atoms with Crippen molar-refractivity contribution in [3.63, 3.8) is 0 Å². The number of nitrogens with one attached hydrogen (secondary N) is 1. The van der Waals surface area contributed by atoms with Crippen molar-refractivity contribution in [2.45, 2.75) is 25.3 Å². The van der Waals surface area contributed by atoms with E-state index in [2.05, 4.69) is 28.2 Å². The molecular formula is C13H17BrClNO2. The molecule has 1 atom stereocenters. The summed E-state index contributed by atoms with van der Waals surface area (Å²) in [6.07, 6.45) is 2.17. The number of benzene rings is 1. The van der Waals surface area contributed by atoms with E-state index in [-0.39, 0.29) is 5.54 Å². The van der Waals surface area contributed by atoms with E-state index in [1.807, 2.05) is 6.07 Å². The van der Waals surface area contributed by atoms with E-state index in [4.69, 9.17) is 21.1 Å². The van der Waals surface area contributed by atoms with Gasteiger partial charge >= 0.3 is 0 Å². The maximum Gasteiger partial charge on any atom is 0.175 e. The van der Waals surface area contributed by atoms with E-state index >= 15 is 0 Å². The third-order valence-corrected chi connectivity index (χ3v) is 4.36. The molecule has 0 radical (unpaired) electrons. The van der Waals surface area contributed by atoms with Crippen LogP contribution >= 0.6 is 27.5 Å². The second-order valence-corrected chi connectivity index (χ2v) is 5.91. The summed E-state index contributed by atoms with van der Waals surface area (Å²) in [7, 11) is 3.27. The van der Waals surface area contributed by atoms with Gasteiger partial charge in [-0.1, -0.05) is 11.6 Å². The second kappa shape index (κ2) is 5.27. The van der Waals surface area contributed by atoms with Crippen molar-refractivity contribution in [1.29, 1.82) is 0 Å². The maximum absolute atomic E-state index is 6.41. The zero-order valence-electron chi connectivity index (χ0n) is 10.8. The van der Waals surface area contributed by atoms with Gasteiger partial charge in [-0.25, -0.2) is 0 Å². The Hall–Kier alpha value is -0.450. The van der Waals surface area contributed by atoms with Crippen molar-refractivity contribution in [2.75, 3.05) is 20.8 Å². The Labute approximate surface area is 121 Å². The van der Waals surface area contributed by atoms with Crippen molar-refractivity contribution in [1.82, 2.24) is 5.32 Å². The lowest BCUT2D eigenvalue weighted by atomic mass is 9.89. The lowest BCUT2D eigenvalue weighted by Gasteiger charge is -2.29. The number of hydrogen-bond acceptors (Lipinski definition) is 3. The standard InChI is InChI=1S/C13H17BrClNO2/c1-13(5-4-6-16-13)10-9(15)7-8(14)11(17-2)12(10)18-3/h7,16H,4-6H2,1-3H3. The zero-order chi connectivity index (χ0) is 13.3. The minimum Gasteiger partial charge on any atom is -0.492 e. The van der Waals surface area contributed by atoms with Gasteiger partial charge in [0.2, 0.25) is 0 Å². The molecule has 1 aliphatic rings. The van der Waals surface area contributed by atoms with Gasteiger partial charge in [-0.3, -0.25) is 0 Å². The minimum atomic E-state index is -0.156. The summed E-state index contributed by atoms with van der Waals surface area (Å²) < 4.78 is 11.7. The van der Waals surface area contributed by atoms with Crippen LogP contribution in [-0.4, -0.2) is 20.8 Å². The molecule has 1 aromatic rings. The molecule has 2 rings (SSSR count). The molecule has 18 heavy (non-hydrogen) atoms. The van der Waals surface area contributed by atoms with Gasteiger partial charge in [0, 0.05) is 11.1 Å². The van der Waals surface area contributed by atoms with Gasteiger partial charge in [-0.15, -0.1) is 0 Å². The predicted molar refractivity (Wildman–Crippen MR) is 76.8 cm³/mol. The van der Waals surface area contributed by atoms with Gasteiger partial charge in [0.25, 0.3) is 0 Å². The van der Waals surface area contributed by atoms with Crippen LogP contribution in [0.15, 0.2) is 10.5 Å². The Kier molecular flexibility index (Phi) is 4.09. The van der Waals surface area contributed by atoms with Crippen LogP contribution < -0.4 is 14.8 Å². The van der Waals surface area contributed by atoms with E-state index in [0.717, 1.165) is 29.4 Å². The van der Waals surface area contributed by atoms with Crippen LogP contribution in [0.3, 0.4) is 0 Å². The monoisotopic (exact) mass is 333 g/mol. The largest absolute Gasteiger partial charge is 0.492 e. The lowest BCUT2D eigenvalue weighted by molar-refractivity contribution is 0.332. The fourth-order valence-corrected chi connectivity index (χ4v) is 3.69. The van der Waals surface area contributed by atoms with Gasteiger partial charge < -0.3 is 14.8 Å². The predicted octanol–water partition coefficient (Wildman–Crippen LogP) is 3.72. The molecule has 1 saturated heterocycles. The number of rotatable bonds is 3. The third-order valence-electron chi connectivity index (χ3n) is 3.47. The summed E-state index contributed by atoms with van der Waals surface area (Å²) >= 11 is 9.86. The third kappa shape index (κ3) is 2.22. The van der Waals surface area contributed by atoms with Crippen LogP contribution in [-0.2, 0) is 5.54 Å². The Bertz CT molecular complexity index is 459. The minimum absolute atomic E-state index is 0.156. The summed E-state index contributed by atoms with van der Waals surface area (Å²) in [5.74, 6) is 1.39. The first kappa shape index (κ1) is 14.0. The lowest BCUT2D eigenvalue weighted by Crippen LogP contribution is -2.34. The second-order valence-electron chi connectivity index (χ2n) is 4.64. The molecule has 0 amide bonds. The fourth-order valence-electron chi connectivity index (χ4n) is 2.59. The van der Waals surface area contributed by atoms with Gasteiger partial charge in [-0.2, -0.15) is 0 Å². The molecule has 1 N–H and O–H groups in total. The molecule has 0 aliphatic carbocycles. The topological polar surface area (TPSA) is 30.5 Å². The van der Waals surface area contributed by atoms with Crippen molar-refractivity contribution in [3.8, 4) is 11.5 Å². The summed E-state index contributed by atoms with van der Waals surface area (Å²) in [5.41, 5.74) is 0.820. The fraction of sp³-hybridized carbons (Fsp3) is 0.538. The van der Waals surface area contributed by atoms with Crippen molar-refractivity contribution < 1.29 is 9.47 Å². The number of methoxy groups -OCH3 is 2. The van der Waals surface area contributed by atoms with E-state index in [1.54, 1.807) is 14.2 Å². The van der Waals surface area contributed by atoms with E-state index in [9.17, 15) is 0 Å². The molecule has 0 spiro atoms. The van der Waals surface area contributed by atoms with Gasteiger partial charge in [0.15, 0.2) is 11.5 Å². The molecule has 100 valence electrons. The molecule has 1 fully saturated rings. The first-order valence-corrected chi connectivity index (χ1v) is 7.06. The summed E-state index contributed by atoms with van der Waals surface area (Å²) in [5, 5.41) is 4.19. The smallest absolute Gasteiger partial charge is 0.175 e. The van der Waals surface area contributed by atoms with E-state index in [1.165, 1.54) is 0 Å². The van der Waals surface area contributed by atoms with Crippen LogP contribution in [0.5, 0.6) is 11.5 Å². The molecule has 3 nitrogen and oxygen atoms in total. The molecule has 0 bridgehead atoms. The normalized spacial score (nSPS) is 23.2. The average molecular weight is 335 g/mol. The highest BCUT2D eigenvalue weighted by molar-refractivity contribution is 9.10. The van der Waals surface area contributed by atoms with Crippen LogP contribution in [0, 0.1) is 0 Å². The number of halogens is 2. The Morgan fingerprint density at radius 2 is 2.00 bits per heavy atom. The van der Waals surface area contributed by atoms with Crippen molar-refractivity contribution >= 4 is 27.5 Å². The molecule has 1 aliphatic heterocycles.